The molecular formula is C24H25N5O5. The van der Waals surface area contributed by atoms with Crippen LogP contribution >= 0.6 is 0 Å². The third-order valence-electron chi connectivity index (χ3n) is 5.88. The van der Waals surface area contributed by atoms with Crippen LogP contribution in [0, 0.1) is 5.92 Å². The number of anilines is 2. The summed E-state index contributed by atoms with van der Waals surface area (Å²) in [6.07, 6.45) is 5.00. The average Bonchev–Trinajstić information content (AvgIpc) is 2.85. The highest BCUT2D eigenvalue weighted by molar-refractivity contribution is 6.04. The Morgan fingerprint density at radius 1 is 0.882 bits per heavy atom. The molecular weight excluding hydrogens is 438 g/mol. The molecule has 0 aliphatic heterocycles. The maximum atomic E-state index is 12.5. The van der Waals surface area contributed by atoms with E-state index in [2.05, 4.69) is 26.1 Å². The highest BCUT2D eigenvalue weighted by atomic mass is 16.2. The van der Waals surface area contributed by atoms with Gasteiger partial charge in [-0.1, -0.05) is 31.4 Å². The maximum absolute atomic E-state index is 12.5. The van der Waals surface area contributed by atoms with Gasteiger partial charge in [0.1, 0.15) is 0 Å². The third-order valence-corrected chi connectivity index (χ3v) is 5.88. The molecule has 0 bridgehead atoms. The normalized spacial score (nSPS) is 13.9. The van der Waals surface area contributed by atoms with Crippen LogP contribution in [0.4, 0.5) is 11.4 Å². The molecule has 1 aliphatic rings. The molecule has 0 atom stereocenters. The van der Waals surface area contributed by atoms with Gasteiger partial charge < -0.3 is 16.0 Å². The van der Waals surface area contributed by atoms with E-state index >= 15 is 0 Å². The van der Waals surface area contributed by atoms with Crippen LogP contribution in [0.15, 0.2) is 52.1 Å². The van der Waals surface area contributed by atoms with Crippen LogP contribution in [-0.4, -0.2) is 34.5 Å². The van der Waals surface area contributed by atoms with Crippen LogP contribution in [0.5, 0.6) is 0 Å². The van der Waals surface area contributed by atoms with Crippen molar-refractivity contribution < 1.29 is 14.4 Å². The summed E-state index contributed by atoms with van der Waals surface area (Å²) >= 11 is 0. The summed E-state index contributed by atoms with van der Waals surface area (Å²) in [5, 5.41) is 12.6. The summed E-state index contributed by atoms with van der Waals surface area (Å²) in [5.74, 6) is -1.11. The molecule has 1 saturated carbocycles. The second-order valence-electron chi connectivity index (χ2n) is 8.27. The number of nitrogens with one attached hydrogen (secondary N) is 5. The van der Waals surface area contributed by atoms with Crippen molar-refractivity contribution in [3.63, 3.8) is 0 Å². The van der Waals surface area contributed by atoms with E-state index in [1.54, 1.807) is 24.3 Å². The van der Waals surface area contributed by atoms with Gasteiger partial charge in [-0.2, -0.15) is 0 Å². The average molecular weight is 463 g/mol. The molecule has 3 aromatic rings. The van der Waals surface area contributed by atoms with Gasteiger partial charge in [0.2, 0.25) is 11.8 Å². The Morgan fingerprint density at radius 2 is 1.62 bits per heavy atom. The van der Waals surface area contributed by atoms with Crippen LogP contribution in [0.25, 0.3) is 10.8 Å². The van der Waals surface area contributed by atoms with Gasteiger partial charge in [-0.25, -0.2) is 0 Å². The number of carbonyl (C=O) groups excluding carboxylic acids is 3. The Balaban J connectivity index is 1.37. The van der Waals surface area contributed by atoms with Crippen molar-refractivity contribution in [2.75, 3.05) is 17.2 Å². The molecule has 0 unspecified atom stereocenters. The van der Waals surface area contributed by atoms with E-state index in [1.807, 2.05) is 0 Å². The summed E-state index contributed by atoms with van der Waals surface area (Å²) in [5.41, 5.74) is -0.0668. The third kappa shape index (κ3) is 5.22. The van der Waals surface area contributed by atoms with Crippen molar-refractivity contribution in [2.24, 2.45) is 5.92 Å². The zero-order valence-corrected chi connectivity index (χ0v) is 18.4. The van der Waals surface area contributed by atoms with Crippen LogP contribution in [0.1, 0.15) is 42.5 Å². The molecule has 3 amide bonds. The smallest absolute Gasteiger partial charge is 0.272 e. The molecule has 34 heavy (non-hydrogen) atoms. The summed E-state index contributed by atoms with van der Waals surface area (Å²) in [6.45, 7) is -0.352. The first-order chi connectivity index (χ1) is 16.4. The lowest BCUT2D eigenvalue weighted by Crippen LogP contribution is -2.33. The number of rotatable bonds is 6. The van der Waals surface area contributed by atoms with E-state index in [1.165, 1.54) is 18.2 Å². The van der Waals surface area contributed by atoms with E-state index in [4.69, 9.17) is 0 Å². The second-order valence-corrected chi connectivity index (χ2v) is 8.27. The first-order valence-electron chi connectivity index (χ1n) is 11.1. The molecule has 5 N–H and O–H groups in total. The number of aromatic nitrogens is 2. The molecule has 0 radical (unpaired) electrons. The molecule has 10 nitrogen and oxygen atoms in total. The van der Waals surface area contributed by atoms with Gasteiger partial charge in [-0.3, -0.25) is 34.2 Å². The molecule has 1 aliphatic carbocycles. The Bertz CT molecular complexity index is 1350. The van der Waals surface area contributed by atoms with E-state index in [0.29, 0.717) is 11.3 Å². The Kier molecular flexibility index (Phi) is 6.86. The lowest BCUT2D eigenvalue weighted by Gasteiger charge is -2.20. The van der Waals surface area contributed by atoms with Crippen molar-refractivity contribution in [3.05, 3.63) is 68.7 Å². The van der Waals surface area contributed by atoms with Gasteiger partial charge in [0.05, 0.1) is 23.0 Å². The summed E-state index contributed by atoms with van der Waals surface area (Å²) in [4.78, 5) is 61.4. The zero-order valence-electron chi connectivity index (χ0n) is 18.4. The molecule has 10 heteroatoms. The SMILES string of the molecule is O=C(CNC(=O)c1cccc(NC(=O)C2CCCCC2)c1)Nc1cccc2c(=O)[nH][nH]c(=O)c12. The lowest BCUT2D eigenvalue weighted by atomic mass is 9.88. The molecule has 176 valence electrons. The number of aromatic amines is 2. The van der Waals surface area contributed by atoms with Crippen molar-refractivity contribution in [1.82, 2.24) is 15.5 Å². The highest BCUT2D eigenvalue weighted by Gasteiger charge is 2.21. The number of H-pyrrole nitrogens is 2. The summed E-state index contributed by atoms with van der Waals surface area (Å²) in [7, 11) is 0. The molecule has 2 aromatic carbocycles. The predicted molar refractivity (Wildman–Crippen MR) is 128 cm³/mol. The first kappa shape index (κ1) is 23.0. The monoisotopic (exact) mass is 463 g/mol. The van der Waals surface area contributed by atoms with Crippen molar-refractivity contribution >= 4 is 39.9 Å². The number of benzene rings is 2. The van der Waals surface area contributed by atoms with Gasteiger partial charge >= 0.3 is 0 Å². The standard InChI is InChI=1S/C24H25N5O5/c30-19(27-18-11-5-10-17-20(18)24(34)29-28-23(17)33)13-25-21(31)15-8-4-9-16(12-15)26-22(32)14-6-2-1-3-7-14/h4-5,8-12,14H,1-3,6-7,13H2,(H,25,31)(H,26,32)(H,27,30)(H,28,33)(H,29,34). The summed E-state index contributed by atoms with van der Waals surface area (Å²) in [6, 6.07) is 11.0. The fourth-order valence-corrected chi connectivity index (χ4v) is 4.14. The molecule has 4 rings (SSSR count). The van der Waals surface area contributed by atoms with E-state index in [9.17, 15) is 24.0 Å². The maximum Gasteiger partial charge on any atom is 0.272 e. The van der Waals surface area contributed by atoms with Crippen LogP contribution in [0.3, 0.4) is 0 Å². The Labute approximate surface area is 194 Å². The molecule has 1 aromatic heterocycles. The van der Waals surface area contributed by atoms with E-state index < -0.39 is 22.9 Å². The Hall–Kier alpha value is -4.21. The minimum atomic E-state index is -0.567. The molecule has 0 spiro atoms. The quantitative estimate of drug-likeness (QED) is 0.379. The number of amides is 3. The molecule has 0 saturated heterocycles. The number of hydrogen-bond donors (Lipinski definition) is 5. The molecule has 1 fully saturated rings. The van der Waals surface area contributed by atoms with Crippen LogP contribution < -0.4 is 27.1 Å². The highest BCUT2D eigenvalue weighted by Crippen LogP contribution is 2.25. The largest absolute Gasteiger partial charge is 0.343 e. The number of hydrogen-bond acceptors (Lipinski definition) is 5. The lowest BCUT2D eigenvalue weighted by molar-refractivity contribution is -0.120. The number of fused-ring (bicyclic) bond motifs is 1. The number of carbonyl (C=O) groups is 3. The summed E-state index contributed by atoms with van der Waals surface area (Å²) < 4.78 is 0. The van der Waals surface area contributed by atoms with Crippen LogP contribution in [-0.2, 0) is 9.59 Å². The van der Waals surface area contributed by atoms with E-state index in [-0.39, 0.29) is 34.8 Å². The fourth-order valence-electron chi connectivity index (χ4n) is 4.14. The first-order valence-corrected chi connectivity index (χ1v) is 11.1. The zero-order chi connectivity index (χ0) is 24.1. The fraction of sp³-hybridized carbons (Fsp3) is 0.292. The van der Waals surface area contributed by atoms with Crippen molar-refractivity contribution in [2.45, 2.75) is 32.1 Å². The van der Waals surface area contributed by atoms with Gasteiger partial charge in [-0.15, -0.1) is 0 Å². The van der Waals surface area contributed by atoms with Gasteiger partial charge in [0.15, 0.2) is 0 Å². The molecule has 1 heterocycles. The van der Waals surface area contributed by atoms with Gasteiger partial charge in [0.25, 0.3) is 17.0 Å². The van der Waals surface area contributed by atoms with Crippen molar-refractivity contribution in [3.8, 4) is 0 Å². The van der Waals surface area contributed by atoms with Gasteiger partial charge in [0, 0.05) is 17.2 Å². The van der Waals surface area contributed by atoms with Crippen molar-refractivity contribution in [1.29, 1.82) is 0 Å². The minimum Gasteiger partial charge on any atom is -0.343 e. The van der Waals surface area contributed by atoms with Gasteiger partial charge in [-0.05, 0) is 43.2 Å². The predicted octanol–water partition coefficient (Wildman–Crippen LogP) is 2.10. The Morgan fingerprint density at radius 3 is 2.41 bits per heavy atom. The minimum absolute atomic E-state index is 0.00758. The van der Waals surface area contributed by atoms with E-state index in [0.717, 1.165) is 32.1 Å². The van der Waals surface area contributed by atoms with Crippen LogP contribution in [0.2, 0.25) is 0 Å². The second kappa shape index (κ2) is 10.2. The topological polar surface area (TPSA) is 153 Å².